The summed E-state index contributed by atoms with van der Waals surface area (Å²) in [7, 11) is 0. The first-order chi connectivity index (χ1) is 9.30. The van der Waals surface area contributed by atoms with E-state index in [2.05, 4.69) is 24.5 Å². The van der Waals surface area contributed by atoms with E-state index in [4.69, 9.17) is 4.74 Å². The summed E-state index contributed by atoms with van der Waals surface area (Å²) in [6.45, 7) is 10.6. The maximum absolute atomic E-state index is 11.6. The Balaban J connectivity index is 2.22. The number of rotatable bonds is 5. The molecule has 0 spiro atoms. The number of alkyl carbamates (subject to hydrolysis) is 1. The molecule has 0 aromatic carbocycles. The molecule has 0 aliphatic heterocycles. The molecule has 1 rings (SSSR count). The lowest BCUT2D eigenvalue weighted by Crippen LogP contribution is -2.46. The highest BCUT2D eigenvalue weighted by molar-refractivity contribution is 5.67. The van der Waals surface area contributed by atoms with Gasteiger partial charge in [-0.2, -0.15) is 0 Å². The molecule has 1 aliphatic rings. The predicted octanol–water partition coefficient (Wildman–Crippen LogP) is 3.46. The third-order valence-corrected chi connectivity index (χ3v) is 3.83. The summed E-state index contributed by atoms with van der Waals surface area (Å²) in [6.07, 6.45) is 6.17. The molecule has 0 saturated heterocycles. The molecule has 118 valence electrons. The second kappa shape index (κ2) is 7.87. The largest absolute Gasteiger partial charge is 0.444 e. The molecule has 4 nitrogen and oxygen atoms in total. The van der Waals surface area contributed by atoms with E-state index in [0.717, 1.165) is 5.92 Å². The molecule has 0 aromatic heterocycles. The van der Waals surface area contributed by atoms with E-state index < -0.39 is 5.60 Å². The summed E-state index contributed by atoms with van der Waals surface area (Å²) < 4.78 is 5.23. The highest BCUT2D eigenvalue weighted by atomic mass is 16.6. The SMILES string of the molecule is CCC1CCCC(NC(C)CNC(=O)OC(C)(C)C)C1. The van der Waals surface area contributed by atoms with E-state index in [9.17, 15) is 4.79 Å². The Labute approximate surface area is 124 Å². The normalized spacial score (nSPS) is 25.1. The molecule has 2 N–H and O–H groups in total. The average Bonchev–Trinajstić information content (AvgIpc) is 2.34. The summed E-state index contributed by atoms with van der Waals surface area (Å²) >= 11 is 0. The minimum Gasteiger partial charge on any atom is -0.444 e. The minimum absolute atomic E-state index is 0.281. The first-order valence-electron chi connectivity index (χ1n) is 8.03. The zero-order valence-corrected chi connectivity index (χ0v) is 13.8. The van der Waals surface area contributed by atoms with Gasteiger partial charge in [0.25, 0.3) is 0 Å². The number of hydrogen-bond acceptors (Lipinski definition) is 3. The van der Waals surface area contributed by atoms with Crippen molar-refractivity contribution in [3.63, 3.8) is 0 Å². The molecule has 4 heteroatoms. The van der Waals surface area contributed by atoms with Crippen LogP contribution in [0.15, 0.2) is 0 Å². The van der Waals surface area contributed by atoms with Crippen LogP contribution in [0.3, 0.4) is 0 Å². The lowest BCUT2D eigenvalue weighted by atomic mass is 9.84. The molecular formula is C16H32N2O2. The van der Waals surface area contributed by atoms with E-state index in [0.29, 0.717) is 12.6 Å². The zero-order valence-electron chi connectivity index (χ0n) is 13.8. The highest BCUT2D eigenvalue weighted by Crippen LogP contribution is 2.26. The second-order valence-corrected chi connectivity index (χ2v) is 7.09. The first-order valence-corrected chi connectivity index (χ1v) is 8.03. The average molecular weight is 284 g/mol. The number of ether oxygens (including phenoxy) is 1. The van der Waals surface area contributed by atoms with Gasteiger partial charge in [-0.15, -0.1) is 0 Å². The monoisotopic (exact) mass is 284 g/mol. The van der Waals surface area contributed by atoms with Crippen LogP contribution in [0, 0.1) is 5.92 Å². The number of hydrogen-bond donors (Lipinski definition) is 2. The fraction of sp³-hybridized carbons (Fsp3) is 0.938. The van der Waals surface area contributed by atoms with Crippen molar-refractivity contribution in [2.75, 3.05) is 6.54 Å². The Kier molecular flexibility index (Phi) is 6.80. The van der Waals surface area contributed by atoms with E-state index in [1.807, 2.05) is 20.8 Å². The van der Waals surface area contributed by atoms with Crippen molar-refractivity contribution in [3.8, 4) is 0 Å². The quantitative estimate of drug-likeness (QED) is 0.813. The van der Waals surface area contributed by atoms with Gasteiger partial charge in [0.1, 0.15) is 5.60 Å². The Morgan fingerprint density at radius 1 is 1.35 bits per heavy atom. The van der Waals surface area contributed by atoms with E-state index in [1.165, 1.54) is 32.1 Å². The van der Waals surface area contributed by atoms with Crippen LogP contribution in [0.1, 0.15) is 66.7 Å². The molecule has 1 aliphatic carbocycles. The van der Waals surface area contributed by atoms with Gasteiger partial charge in [0.15, 0.2) is 0 Å². The minimum atomic E-state index is -0.432. The maximum atomic E-state index is 11.6. The van der Waals surface area contributed by atoms with Crippen molar-refractivity contribution in [3.05, 3.63) is 0 Å². The number of carbonyl (C=O) groups is 1. The van der Waals surface area contributed by atoms with Crippen LogP contribution in [0.4, 0.5) is 4.79 Å². The molecule has 3 unspecified atom stereocenters. The van der Waals surface area contributed by atoms with Gasteiger partial charge in [-0.3, -0.25) is 0 Å². The van der Waals surface area contributed by atoms with Crippen LogP contribution < -0.4 is 10.6 Å². The van der Waals surface area contributed by atoms with Crippen LogP contribution in [0.25, 0.3) is 0 Å². The highest BCUT2D eigenvalue weighted by Gasteiger charge is 2.22. The molecular weight excluding hydrogens is 252 g/mol. The lowest BCUT2D eigenvalue weighted by Gasteiger charge is -2.31. The van der Waals surface area contributed by atoms with Crippen LogP contribution in [0.2, 0.25) is 0 Å². The summed E-state index contributed by atoms with van der Waals surface area (Å²) in [4.78, 5) is 11.6. The fourth-order valence-corrected chi connectivity index (χ4v) is 2.83. The second-order valence-electron chi connectivity index (χ2n) is 7.09. The number of carbonyl (C=O) groups excluding carboxylic acids is 1. The molecule has 3 atom stereocenters. The van der Waals surface area contributed by atoms with Gasteiger partial charge >= 0.3 is 6.09 Å². The van der Waals surface area contributed by atoms with Gasteiger partial charge in [-0.25, -0.2) is 4.79 Å². The number of amides is 1. The van der Waals surface area contributed by atoms with Gasteiger partial charge in [-0.1, -0.05) is 26.2 Å². The van der Waals surface area contributed by atoms with Gasteiger partial charge in [0, 0.05) is 18.6 Å². The molecule has 0 aromatic rings. The Morgan fingerprint density at radius 3 is 2.65 bits per heavy atom. The third-order valence-electron chi connectivity index (χ3n) is 3.83. The van der Waals surface area contributed by atoms with Crippen molar-refractivity contribution in [2.45, 2.75) is 84.4 Å². The number of nitrogens with one attached hydrogen (secondary N) is 2. The van der Waals surface area contributed by atoms with E-state index in [-0.39, 0.29) is 12.1 Å². The van der Waals surface area contributed by atoms with Crippen molar-refractivity contribution in [1.82, 2.24) is 10.6 Å². The lowest BCUT2D eigenvalue weighted by molar-refractivity contribution is 0.0522. The van der Waals surface area contributed by atoms with Crippen molar-refractivity contribution in [1.29, 1.82) is 0 Å². The van der Waals surface area contributed by atoms with Gasteiger partial charge in [-0.05, 0) is 46.5 Å². The van der Waals surface area contributed by atoms with Crippen molar-refractivity contribution < 1.29 is 9.53 Å². The van der Waals surface area contributed by atoms with E-state index in [1.54, 1.807) is 0 Å². The molecule has 0 radical (unpaired) electrons. The van der Waals surface area contributed by atoms with Gasteiger partial charge < -0.3 is 15.4 Å². The van der Waals surface area contributed by atoms with Crippen molar-refractivity contribution >= 4 is 6.09 Å². The summed E-state index contributed by atoms with van der Waals surface area (Å²) in [5, 5.41) is 6.46. The summed E-state index contributed by atoms with van der Waals surface area (Å²) in [5.41, 5.74) is -0.432. The van der Waals surface area contributed by atoms with Crippen LogP contribution in [0.5, 0.6) is 0 Å². The van der Waals surface area contributed by atoms with Gasteiger partial charge in [0.05, 0.1) is 0 Å². The molecule has 20 heavy (non-hydrogen) atoms. The zero-order chi connectivity index (χ0) is 15.2. The molecule has 0 bridgehead atoms. The summed E-state index contributed by atoms with van der Waals surface area (Å²) in [5.74, 6) is 0.868. The summed E-state index contributed by atoms with van der Waals surface area (Å²) in [6, 6.07) is 0.882. The molecule has 0 heterocycles. The topological polar surface area (TPSA) is 50.4 Å². The maximum Gasteiger partial charge on any atom is 0.407 e. The smallest absolute Gasteiger partial charge is 0.407 e. The Bertz CT molecular complexity index is 299. The van der Waals surface area contributed by atoms with Crippen LogP contribution in [-0.4, -0.2) is 30.3 Å². The van der Waals surface area contributed by atoms with E-state index >= 15 is 0 Å². The Morgan fingerprint density at radius 2 is 2.05 bits per heavy atom. The van der Waals surface area contributed by atoms with Gasteiger partial charge in [0.2, 0.25) is 0 Å². The Hall–Kier alpha value is -0.770. The fourth-order valence-electron chi connectivity index (χ4n) is 2.83. The third kappa shape index (κ3) is 7.13. The predicted molar refractivity (Wildman–Crippen MR) is 82.9 cm³/mol. The molecule has 1 saturated carbocycles. The van der Waals surface area contributed by atoms with Crippen molar-refractivity contribution in [2.24, 2.45) is 5.92 Å². The van der Waals surface area contributed by atoms with Crippen LogP contribution >= 0.6 is 0 Å². The molecule has 1 amide bonds. The van der Waals surface area contributed by atoms with Crippen LogP contribution in [-0.2, 0) is 4.74 Å². The first kappa shape index (κ1) is 17.3. The molecule has 1 fully saturated rings. The standard InChI is InChI=1S/C16H32N2O2/c1-6-13-8-7-9-14(10-13)18-12(2)11-17-15(19)20-16(3,4)5/h12-14,18H,6-11H2,1-5H3,(H,17,19).